The topological polar surface area (TPSA) is 61.5 Å². The molecule has 5 nitrogen and oxygen atoms in total. The van der Waals surface area contributed by atoms with Gasteiger partial charge in [-0.2, -0.15) is 0 Å². The van der Waals surface area contributed by atoms with Crippen molar-refractivity contribution in [3.63, 3.8) is 0 Å². The molecule has 0 radical (unpaired) electrons. The molecule has 0 unspecified atom stereocenters. The predicted molar refractivity (Wildman–Crippen MR) is 73.0 cm³/mol. The van der Waals surface area contributed by atoms with Gasteiger partial charge >= 0.3 is 0 Å². The molecule has 0 fully saturated rings. The van der Waals surface area contributed by atoms with Gasteiger partial charge in [-0.1, -0.05) is 12.1 Å². The molecule has 0 amide bonds. The number of hydrogen-bond acceptors (Lipinski definition) is 4. The van der Waals surface area contributed by atoms with E-state index in [1.807, 2.05) is 27.8 Å². The van der Waals surface area contributed by atoms with Crippen molar-refractivity contribution in [2.75, 3.05) is 26.3 Å². The van der Waals surface area contributed by atoms with E-state index < -0.39 is 0 Å². The molecular weight excluding hydrogens is 242 g/mol. The molecule has 5 heteroatoms. The summed E-state index contributed by atoms with van der Waals surface area (Å²) in [6, 6.07) is 8.17. The van der Waals surface area contributed by atoms with Gasteiger partial charge in [0.25, 0.3) is 0 Å². The number of nitrogens with zero attached hydrogens (tertiary/aromatic N) is 3. The van der Waals surface area contributed by atoms with E-state index in [0.29, 0.717) is 13.1 Å². The second-order valence-corrected chi connectivity index (χ2v) is 4.36. The smallest absolute Gasteiger partial charge is 0.0991 e. The Hall–Kier alpha value is -1.69. The lowest BCUT2D eigenvalue weighted by Crippen LogP contribution is -2.29. The number of hydrogen-bond donors (Lipinski definition) is 2. The Kier molecular flexibility index (Phi) is 5.09. The Labute approximate surface area is 112 Å². The minimum atomic E-state index is 0.104. The summed E-state index contributed by atoms with van der Waals surface area (Å²) in [6.45, 7) is 2.08. The zero-order valence-corrected chi connectivity index (χ0v) is 10.8. The minimum Gasteiger partial charge on any atom is -0.395 e. The van der Waals surface area contributed by atoms with Crippen LogP contribution >= 0.6 is 0 Å². The summed E-state index contributed by atoms with van der Waals surface area (Å²) in [6.07, 6.45) is 5.41. The molecule has 0 saturated heterocycles. The van der Waals surface area contributed by atoms with Gasteiger partial charge in [-0.05, 0) is 17.7 Å². The van der Waals surface area contributed by atoms with Gasteiger partial charge in [0, 0.05) is 37.7 Å². The number of aromatic nitrogens is 2. The first-order chi connectivity index (χ1) is 9.33. The van der Waals surface area contributed by atoms with Gasteiger partial charge in [0.2, 0.25) is 0 Å². The van der Waals surface area contributed by atoms with Crippen molar-refractivity contribution in [3.05, 3.63) is 48.5 Å². The highest BCUT2D eigenvalue weighted by atomic mass is 16.3. The maximum Gasteiger partial charge on any atom is 0.0991 e. The fraction of sp³-hybridized carbons (Fsp3) is 0.357. The molecule has 0 aliphatic carbocycles. The molecule has 0 aliphatic heterocycles. The van der Waals surface area contributed by atoms with Crippen molar-refractivity contribution in [2.24, 2.45) is 0 Å². The lowest BCUT2D eigenvalue weighted by Gasteiger charge is -2.20. The zero-order chi connectivity index (χ0) is 13.5. The number of rotatable bonds is 7. The second-order valence-electron chi connectivity index (χ2n) is 4.36. The van der Waals surface area contributed by atoms with Crippen LogP contribution < -0.4 is 0 Å². The highest BCUT2D eigenvalue weighted by Crippen LogP contribution is 2.11. The lowest BCUT2D eigenvalue weighted by molar-refractivity contribution is 0.156. The van der Waals surface area contributed by atoms with Crippen molar-refractivity contribution in [3.8, 4) is 5.69 Å². The third-order valence-electron chi connectivity index (χ3n) is 2.98. The average molecular weight is 261 g/mol. The van der Waals surface area contributed by atoms with Crippen LogP contribution in [0.2, 0.25) is 0 Å². The van der Waals surface area contributed by atoms with E-state index in [1.54, 1.807) is 12.5 Å². The molecule has 2 rings (SSSR count). The van der Waals surface area contributed by atoms with Crippen LogP contribution in [0.15, 0.2) is 43.0 Å². The molecule has 0 saturated carbocycles. The summed E-state index contributed by atoms with van der Waals surface area (Å²) < 4.78 is 1.95. The SMILES string of the molecule is OCCN(CCO)Cc1ccc(-n2ccnc2)cc1. The third-order valence-corrected chi connectivity index (χ3v) is 2.98. The molecule has 1 heterocycles. The van der Waals surface area contributed by atoms with Gasteiger partial charge in [0.15, 0.2) is 0 Å². The number of imidazole rings is 1. The van der Waals surface area contributed by atoms with Crippen molar-refractivity contribution >= 4 is 0 Å². The molecule has 1 aromatic heterocycles. The lowest BCUT2D eigenvalue weighted by atomic mass is 10.2. The fourth-order valence-corrected chi connectivity index (χ4v) is 2.00. The monoisotopic (exact) mass is 261 g/mol. The zero-order valence-electron chi connectivity index (χ0n) is 10.8. The van der Waals surface area contributed by atoms with Crippen LogP contribution in [0, 0.1) is 0 Å². The first kappa shape index (κ1) is 13.7. The minimum absolute atomic E-state index is 0.104. The summed E-state index contributed by atoms with van der Waals surface area (Å²) in [5.41, 5.74) is 2.22. The highest BCUT2D eigenvalue weighted by Gasteiger charge is 2.05. The Morgan fingerprint density at radius 2 is 1.74 bits per heavy atom. The van der Waals surface area contributed by atoms with E-state index in [4.69, 9.17) is 10.2 Å². The molecule has 102 valence electrons. The molecule has 2 aromatic rings. The van der Waals surface area contributed by atoms with E-state index >= 15 is 0 Å². The maximum absolute atomic E-state index is 8.98. The van der Waals surface area contributed by atoms with E-state index in [9.17, 15) is 0 Å². The molecule has 0 aliphatic rings. The Balaban J connectivity index is 2.01. The van der Waals surface area contributed by atoms with Crippen LogP contribution in [-0.4, -0.2) is 51.0 Å². The van der Waals surface area contributed by atoms with Crippen LogP contribution in [-0.2, 0) is 6.54 Å². The van der Waals surface area contributed by atoms with Gasteiger partial charge in [-0.25, -0.2) is 4.98 Å². The fourth-order valence-electron chi connectivity index (χ4n) is 2.00. The quantitative estimate of drug-likeness (QED) is 0.768. The number of aliphatic hydroxyl groups is 2. The molecule has 1 aromatic carbocycles. The van der Waals surface area contributed by atoms with Crippen molar-refractivity contribution in [2.45, 2.75) is 6.54 Å². The van der Waals surface area contributed by atoms with Gasteiger partial charge in [-0.3, -0.25) is 4.90 Å². The standard InChI is InChI=1S/C14H19N3O2/c18-9-7-16(8-10-19)11-13-1-3-14(4-2-13)17-6-5-15-12-17/h1-6,12,18-19H,7-11H2. The third kappa shape index (κ3) is 3.89. The summed E-state index contributed by atoms with van der Waals surface area (Å²) in [5, 5.41) is 18.0. The van der Waals surface area contributed by atoms with E-state index in [0.717, 1.165) is 17.8 Å². The summed E-state index contributed by atoms with van der Waals surface area (Å²) in [7, 11) is 0. The van der Waals surface area contributed by atoms with E-state index in [-0.39, 0.29) is 13.2 Å². The normalized spacial score (nSPS) is 11.1. The summed E-state index contributed by atoms with van der Waals surface area (Å²) in [5.74, 6) is 0. The average Bonchev–Trinajstić information content (AvgIpc) is 2.94. The molecule has 0 bridgehead atoms. The molecule has 2 N–H and O–H groups in total. The van der Waals surface area contributed by atoms with Gasteiger partial charge < -0.3 is 14.8 Å². The maximum atomic E-state index is 8.98. The van der Waals surface area contributed by atoms with Crippen molar-refractivity contribution in [1.29, 1.82) is 0 Å². The van der Waals surface area contributed by atoms with Gasteiger partial charge in [-0.15, -0.1) is 0 Å². The summed E-state index contributed by atoms with van der Waals surface area (Å²) in [4.78, 5) is 6.04. The van der Waals surface area contributed by atoms with Crippen molar-refractivity contribution < 1.29 is 10.2 Å². The molecule has 0 spiro atoms. The molecular formula is C14H19N3O2. The first-order valence-electron chi connectivity index (χ1n) is 6.35. The Morgan fingerprint density at radius 3 is 2.26 bits per heavy atom. The van der Waals surface area contributed by atoms with Gasteiger partial charge in [0.05, 0.1) is 19.5 Å². The van der Waals surface area contributed by atoms with Gasteiger partial charge in [0.1, 0.15) is 0 Å². The number of aliphatic hydroxyl groups excluding tert-OH is 2. The highest BCUT2D eigenvalue weighted by molar-refractivity contribution is 5.34. The van der Waals surface area contributed by atoms with Crippen molar-refractivity contribution in [1.82, 2.24) is 14.5 Å². The van der Waals surface area contributed by atoms with E-state index in [1.165, 1.54) is 0 Å². The first-order valence-corrected chi connectivity index (χ1v) is 6.35. The van der Waals surface area contributed by atoms with Crippen LogP contribution in [0.1, 0.15) is 5.56 Å². The van der Waals surface area contributed by atoms with Crippen LogP contribution in [0.3, 0.4) is 0 Å². The molecule has 19 heavy (non-hydrogen) atoms. The predicted octanol–water partition coefficient (Wildman–Crippen LogP) is 0.659. The molecule has 0 atom stereocenters. The second kappa shape index (κ2) is 7.04. The van der Waals surface area contributed by atoms with Crippen LogP contribution in [0.5, 0.6) is 0 Å². The van der Waals surface area contributed by atoms with Crippen LogP contribution in [0.25, 0.3) is 5.69 Å². The number of benzene rings is 1. The Morgan fingerprint density at radius 1 is 1.05 bits per heavy atom. The van der Waals surface area contributed by atoms with E-state index in [2.05, 4.69) is 17.1 Å². The van der Waals surface area contributed by atoms with Crippen LogP contribution in [0.4, 0.5) is 0 Å². The summed E-state index contributed by atoms with van der Waals surface area (Å²) >= 11 is 0. The Bertz CT molecular complexity index is 462. The largest absolute Gasteiger partial charge is 0.395 e.